The fourth-order valence-electron chi connectivity index (χ4n) is 2.82. The summed E-state index contributed by atoms with van der Waals surface area (Å²) in [6.07, 6.45) is 1.94. The Balaban J connectivity index is 1.53. The molecule has 1 aliphatic rings. The molecular formula is C19H13F5N4OS. The van der Waals surface area contributed by atoms with Crippen LogP contribution in [0.15, 0.2) is 35.5 Å². The Labute approximate surface area is 171 Å². The molecule has 0 spiro atoms. The van der Waals surface area contributed by atoms with E-state index in [1.807, 2.05) is 30.3 Å². The van der Waals surface area contributed by atoms with Crippen LogP contribution >= 0.6 is 11.8 Å². The van der Waals surface area contributed by atoms with Gasteiger partial charge in [0.15, 0.2) is 28.4 Å². The summed E-state index contributed by atoms with van der Waals surface area (Å²) in [5, 5.41) is 10.4. The van der Waals surface area contributed by atoms with Gasteiger partial charge < -0.3 is 5.32 Å². The highest BCUT2D eigenvalue weighted by Gasteiger charge is 2.31. The van der Waals surface area contributed by atoms with Crippen molar-refractivity contribution in [1.82, 2.24) is 14.8 Å². The van der Waals surface area contributed by atoms with Gasteiger partial charge in [0.2, 0.25) is 11.7 Å². The number of para-hydroxylation sites is 1. The minimum atomic E-state index is -2.29. The van der Waals surface area contributed by atoms with Gasteiger partial charge in [-0.1, -0.05) is 30.0 Å². The topological polar surface area (TPSA) is 59.8 Å². The van der Waals surface area contributed by atoms with Crippen LogP contribution in [0.25, 0.3) is 5.69 Å². The SMILES string of the molecule is O=C(CSc1nnc(C2CC2)n1-c1ccccc1)Nc1c(F)c(F)c(F)c(F)c1F. The lowest BCUT2D eigenvalue weighted by molar-refractivity contribution is -0.113. The lowest BCUT2D eigenvalue weighted by Crippen LogP contribution is -2.18. The summed E-state index contributed by atoms with van der Waals surface area (Å²) in [5.41, 5.74) is -0.604. The van der Waals surface area contributed by atoms with E-state index in [0.717, 1.165) is 36.1 Å². The van der Waals surface area contributed by atoms with E-state index in [9.17, 15) is 26.7 Å². The monoisotopic (exact) mass is 440 g/mol. The van der Waals surface area contributed by atoms with Gasteiger partial charge in [0.05, 0.1) is 5.75 Å². The molecule has 2 aromatic carbocycles. The van der Waals surface area contributed by atoms with Gasteiger partial charge >= 0.3 is 0 Å². The lowest BCUT2D eigenvalue weighted by atomic mass is 10.2. The summed E-state index contributed by atoms with van der Waals surface area (Å²) in [6, 6.07) is 9.18. The summed E-state index contributed by atoms with van der Waals surface area (Å²) < 4.78 is 69.0. The molecule has 1 fully saturated rings. The van der Waals surface area contributed by atoms with Crippen LogP contribution in [0.1, 0.15) is 24.6 Å². The molecule has 30 heavy (non-hydrogen) atoms. The maximum absolute atomic E-state index is 13.7. The Kier molecular flexibility index (Phi) is 5.46. The van der Waals surface area contributed by atoms with Crippen molar-refractivity contribution in [3.05, 3.63) is 65.2 Å². The summed E-state index contributed by atoms with van der Waals surface area (Å²) in [5.74, 6) is -11.1. The molecule has 1 aromatic heterocycles. The number of thioether (sulfide) groups is 1. The average Bonchev–Trinajstić information content (AvgIpc) is 3.52. The van der Waals surface area contributed by atoms with Crippen LogP contribution < -0.4 is 5.32 Å². The van der Waals surface area contributed by atoms with Crippen LogP contribution in [0, 0.1) is 29.1 Å². The number of rotatable bonds is 6. The smallest absolute Gasteiger partial charge is 0.235 e. The first-order chi connectivity index (χ1) is 14.4. The highest BCUT2D eigenvalue weighted by atomic mass is 32.2. The number of nitrogens with zero attached hydrogens (tertiary/aromatic N) is 3. The highest BCUT2D eigenvalue weighted by molar-refractivity contribution is 7.99. The fourth-order valence-corrected chi connectivity index (χ4v) is 3.58. The Bertz CT molecular complexity index is 1090. The van der Waals surface area contributed by atoms with E-state index in [-0.39, 0.29) is 11.7 Å². The Morgan fingerprint density at radius 2 is 1.57 bits per heavy atom. The van der Waals surface area contributed by atoms with Gasteiger partial charge in [0.1, 0.15) is 11.5 Å². The molecule has 0 bridgehead atoms. The zero-order valence-electron chi connectivity index (χ0n) is 15.1. The third kappa shape index (κ3) is 3.76. The normalized spacial score (nSPS) is 13.5. The number of aromatic nitrogens is 3. The van der Waals surface area contributed by atoms with Gasteiger partial charge in [0.25, 0.3) is 0 Å². The third-order valence-electron chi connectivity index (χ3n) is 4.42. The standard InChI is InChI=1S/C19H13F5N4OS/c20-12-13(21)15(23)17(16(24)14(12)22)25-11(29)8-30-19-27-26-18(9-6-7-9)28(19)10-4-2-1-3-5-10/h1-5,9H,6-8H2,(H,25,29). The maximum Gasteiger partial charge on any atom is 0.235 e. The second kappa shape index (κ2) is 8.05. The van der Waals surface area contributed by atoms with E-state index in [0.29, 0.717) is 5.16 Å². The zero-order valence-corrected chi connectivity index (χ0v) is 15.9. The molecule has 0 unspecified atom stereocenters. The molecule has 3 aromatic rings. The molecule has 0 atom stereocenters. The van der Waals surface area contributed by atoms with Crippen LogP contribution in [-0.4, -0.2) is 26.4 Å². The van der Waals surface area contributed by atoms with Crippen molar-refractivity contribution in [2.24, 2.45) is 0 Å². The average molecular weight is 440 g/mol. The Morgan fingerprint density at radius 3 is 2.17 bits per heavy atom. The molecule has 1 N–H and O–H groups in total. The molecule has 1 heterocycles. The molecule has 1 aliphatic carbocycles. The van der Waals surface area contributed by atoms with Gasteiger partial charge in [-0.25, -0.2) is 22.0 Å². The van der Waals surface area contributed by atoms with Crippen molar-refractivity contribution in [2.75, 3.05) is 11.1 Å². The van der Waals surface area contributed by atoms with E-state index in [2.05, 4.69) is 10.2 Å². The first kappa shape index (κ1) is 20.3. The number of halogens is 5. The number of amides is 1. The number of benzene rings is 2. The van der Waals surface area contributed by atoms with E-state index in [1.165, 1.54) is 0 Å². The van der Waals surface area contributed by atoms with Gasteiger partial charge in [-0.3, -0.25) is 9.36 Å². The molecule has 0 radical (unpaired) electrons. The zero-order chi connectivity index (χ0) is 21.4. The lowest BCUT2D eigenvalue weighted by Gasteiger charge is -2.11. The van der Waals surface area contributed by atoms with Crippen LogP contribution in [0.3, 0.4) is 0 Å². The second-order valence-electron chi connectivity index (χ2n) is 6.57. The maximum atomic E-state index is 13.7. The minimum absolute atomic E-state index is 0.259. The van der Waals surface area contributed by atoms with E-state index < -0.39 is 40.7 Å². The second-order valence-corrected chi connectivity index (χ2v) is 7.51. The molecule has 5 nitrogen and oxygen atoms in total. The van der Waals surface area contributed by atoms with Crippen LogP contribution in [0.5, 0.6) is 0 Å². The first-order valence-corrected chi connectivity index (χ1v) is 9.81. The van der Waals surface area contributed by atoms with Crippen molar-refractivity contribution >= 4 is 23.4 Å². The molecule has 0 aliphatic heterocycles. The number of nitrogens with one attached hydrogen (secondary N) is 1. The van der Waals surface area contributed by atoms with E-state index in [4.69, 9.17) is 0 Å². The first-order valence-electron chi connectivity index (χ1n) is 8.83. The Hall–Kier alpha value is -2.95. The van der Waals surface area contributed by atoms with Crippen molar-refractivity contribution in [3.63, 3.8) is 0 Å². The van der Waals surface area contributed by atoms with E-state index >= 15 is 0 Å². The summed E-state index contributed by atoms with van der Waals surface area (Å²) in [4.78, 5) is 12.1. The van der Waals surface area contributed by atoms with Crippen molar-refractivity contribution < 1.29 is 26.7 Å². The number of hydrogen-bond donors (Lipinski definition) is 1. The molecule has 4 rings (SSSR count). The van der Waals surface area contributed by atoms with Crippen LogP contribution in [0.2, 0.25) is 0 Å². The minimum Gasteiger partial charge on any atom is -0.320 e. The predicted molar refractivity (Wildman–Crippen MR) is 98.9 cm³/mol. The van der Waals surface area contributed by atoms with Crippen molar-refractivity contribution in [1.29, 1.82) is 0 Å². The molecule has 1 amide bonds. The fraction of sp³-hybridized carbons (Fsp3) is 0.211. The van der Waals surface area contributed by atoms with Crippen LogP contribution in [-0.2, 0) is 4.79 Å². The molecule has 156 valence electrons. The molecule has 11 heteroatoms. The third-order valence-corrected chi connectivity index (χ3v) is 5.35. The largest absolute Gasteiger partial charge is 0.320 e. The van der Waals surface area contributed by atoms with Crippen LogP contribution in [0.4, 0.5) is 27.6 Å². The van der Waals surface area contributed by atoms with Gasteiger partial charge in [-0.15, -0.1) is 10.2 Å². The van der Waals surface area contributed by atoms with E-state index in [1.54, 1.807) is 9.88 Å². The summed E-state index contributed by atoms with van der Waals surface area (Å²) >= 11 is 0.929. The predicted octanol–water partition coefficient (Wildman–Crippen LogP) is 4.57. The molecule has 0 saturated heterocycles. The van der Waals surface area contributed by atoms with Gasteiger partial charge in [-0.05, 0) is 25.0 Å². The number of hydrogen-bond acceptors (Lipinski definition) is 4. The van der Waals surface area contributed by atoms with Crippen molar-refractivity contribution in [3.8, 4) is 5.69 Å². The molecular weight excluding hydrogens is 427 g/mol. The Morgan fingerprint density at radius 1 is 0.967 bits per heavy atom. The highest BCUT2D eigenvalue weighted by Crippen LogP contribution is 2.41. The number of carbonyl (C=O) groups excluding carboxylic acids is 1. The van der Waals surface area contributed by atoms with Gasteiger partial charge in [0, 0.05) is 11.6 Å². The summed E-state index contributed by atoms with van der Waals surface area (Å²) in [6.45, 7) is 0. The van der Waals surface area contributed by atoms with Gasteiger partial charge in [-0.2, -0.15) is 0 Å². The summed E-state index contributed by atoms with van der Waals surface area (Å²) in [7, 11) is 0. The number of carbonyl (C=O) groups is 1. The number of anilines is 1. The molecule has 1 saturated carbocycles. The quantitative estimate of drug-likeness (QED) is 0.264. The van der Waals surface area contributed by atoms with Crippen molar-refractivity contribution in [2.45, 2.75) is 23.9 Å².